The van der Waals surface area contributed by atoms with Gasteiger partial charge in [-0.25, -0.2) is 0 Å². The van der Waals surface area contributed by atoms with Gasteiger partial charge in [-0.3, -0.25) is 4.79 Å². The van der Waals surface area contributed by atoms with Gasteiger partial charge in [-0.05, 0) is 69.0 Å². The van der Waals surface area contributed by atoms with E-state index in [1.165, 1.54) is 11.8 Å². The molecule has 0 aliphatic carbocycles. The lowest BCUT2D eigenvalue weighted by atomic mass is 9.85. The number of aliphatic hydroxyl groups is 1. The molecule has 1 N–H and O–H groups in total. The van der Waals surface area contributed by atoms with Crippen LogP contribution >= 0.6 is 35.0 Å². The molecule has 0 radical (unpaired) electrons. The molecule has 0 saturated carbocycles. The SMILES string of the molecule is CCc1ccc(-c2ccc(Cl)cc2Cl)cc1C1=C(O)C(C)(C)SC(C)(C)C1=O. The molecule has 3 rings (SSSR count). The molecule has 1 aliphatic rings. The maximum absolute atomic E-state index is 13.3. The molecule has 28 heavy (non-hydrogen) atoms. The van der Waals surface area contributed by atoms with Gasteiger partial charge in [0.05, 0.1) is 15.1 Å². The van der Waals surface area contributed by atoms with Crippen LogP contribution in [-0.2, 0) is 11.2 Å². The summed E-state index contributed by atoms with van der Waals surface area (Å²) < 4.78 is -1.17. The Morgan fingerprint density at radius 3 is 2.25 bits per heavy atom. The van der Waals surface area contributed by atoms with Gasteiger partial charge in [0.25, 0.3) is 0 Å². The van der Waals surface area contributed by atoms with Crippen LogP contribution in [0.3, 0.4) is 0 Å². The Bertz CT molecular complexity index is 990. The van der Waals surface area contributed by atoms with Crippen LogP contribution in [0.4, 0.5) is 0 Å². The Kier molecular flexibility index (Phi) is 5.66. The Morgan fingerprint density at radius 1 is 0.964 bits per heavy atom. The zero-order valence-electron chi connectivity index (χ0n) is 16.7. The van der Waals surface area contributed by atoms with Crippen molar-refractivity contribution in [2.24, 2.45) is 0 Å². The van der Waals surface area contributed by atoms with Crippen molar-refractivity contribution in [1.29, 1.82) is 0 Å². The Balaban J connectivity index is 2.27. The molecular formula is C23H24Cl2O2S. The minimum absolute atomic E-state index is 0.0524. The summed E-state index contributed by atoms with van der Waals surface area (Å²) in [6, 6.07) is 11.3. The summed E-state index contributed by atoms with van der Waals surface area (Å²) in [7, 11) is 0. The van der Waals surface area contributed by atoms with Gasteiger partial charge in [-0.15, -0.1) is 11.8 Å². The molecule has 2 aromatic rings. The van der Waals surface area contributed by atoms with E-state index in [9.17, 15) is 9.90 Å². The minimum Gasteiger partial charge on any atom is -0.510 e. The predicted octanol–water partition coefficient (Wildman–Crippen LogP) is 7.37. The first-order valence-corrected chi connectivity index (χ1v) is 10.8. The summed E-state index contributed by atoms with van der Waals surface area (Å²) in [6.45, 7) is 9.78. The second-order valence-electron chi connectivity index (χ2n) is 8.03. The highest BCUT2D eigenvalue weighted by Crippen LogP contribution is 2.50. The molecule has 5 heteroatoms. The van der Waals surface area contributed by atoms with Crippen LogP contribution in [-0.4, -0.2) is 20.4 Å². The van der Waals surface area contributed by atoms with Gasteiger partial charge in [0.1, 0.15) is 5.76 Å². The molecule has 2 nitrogen and oxygen atoms in total. The summed E-state index contributed by atoms with van der Waals surface area (Å²) in [4.78, 5) is 13.3. The van der Waals surface area contributed by atoms with Crippen molar-refractivity contribution in [2.45, 2.75) is 50.5 Å². The molecule has 0 atom stereocenters. The van der Waals surface area contributed by atoms with Crippen molar-refractivity contribution in [1.82, 2.24) is 0 Å². The van der Waals surface area contributed by atoms with Gasteiger partial charge in [0, 0.05) is 15.6 Å². The fourth-order valence-corrected chi connectivity index (χ4v) is 5.89. The van der Waals surface area contributed by atoms with E-state index < -0.39 is 9.49 Å². The Morgan fingerprint density at radius 2 is 1.64 bits per heavy atom. The number of allylic oxidation sites excluding steroid dienone is 1. The minimum atomic E-state index is -0.621. The first-order chi connectivity index (χ1) is 13.0. The average molecular weight is 435 g/mol. The van der Waals surface area contributed by atoms with E-state index in [1.807, 2.05) is 58.9 Å². The number of aliphatic hydroxyl groups excluding tert-OH is 1. The number of halogens is 2. The van der Waals surface area contributed by atoms with Crippen molar-refractivity contribution in [3.8, 4) is 11.1 Å². The Hall–Kier alpha value is -1.42. The molecule has 0 fully saturated rings. The highest BCUT2D eigenvalue weighted by molar-refractivity contribution is 8.03. The number of carbonyl (C=O) groups excluding carboxylic acids is 1. The maximum atomic E-state index is 13.3. The number of thioether (sulfide) groups is 1. The maximum Gasteiger partial charge on any atom is 0.182 e. The predicted molar refractivity (Wildman–Crippen MR) is 122 cm³/mol. The summed E-state index contributed by atoms with van der Waals surface area (Å²) >= 11 is 13.9. The number of ketones is 1. The molecule has 0 bridgehead atoms. The molecule has 0 amide bonds. The number of aryl methyl sites for hydroxylation is 1. The van der Waals surface area contributed by atoms with Gasteiger partial charge in [-0.1, -0.05) is 48.3 Å². The third kappa shape index (κ3) is 3.72. The van der Waals surface area contributed by atoms with E-state index >= 15 is 0 Å². The van der Waals surface area contributed by atoms with Crippen molar-refractivity contribution in [3.63, 3.8) is 0 Å². The van der Waals surface area contributed by atoms with Gasteiger partial charge in [-0.2, -0.15) is 0 Å². The van der Waals surface area contributed by atoms with E-state index in [0.29, 0.717) is 15.6 Å². The molecule has 148 valence electrons. The lowest BCUT2D eigenvalue weighted by molar-refractivity contribution is -0.115. The van der Waals surface area contributed by atoms with Gasteiger partial charge in [0.2, 0.25) is 0 Å². The average Bonchev–Trinajstić information content (AvgIpc) is 2.60. The summed E-state index contributed by atoms with van der Waals surface area (Å²) in [5.74, 6) is 0.0826. The number of rotatable bonds is 3. The van der Waals surface area contributed by atoms with E-state index in [0.717, 1.165) is 28.7 Å². The molecule has 0 aromatic heterocycles. The van der Waals surface area contributed by atoms with E-state index in [2.05, 4.69) is 0 Å². The van der Waals surface area contributed by atoms with Gasteiger partial charge < -0.3 is 5.11 Å². The van der Waals surface area contributed by atoms with Crippen molar-refractivity contribution < 1.29 is 9.90 Å². The molecule has 1 heterocycles. The molecule has 2 aromatic carbocycles. The number of carbonyl (C=O) groups is 1. The van der Waals surface area contributed by atoms with Crippen LogP contribution < -0.4 is 0 Å². The molecule has 0 saturated heterocycles. The van der Waals surface area contributed by atoms with E-state index in [4.69, 9.17) is 23.2 Å². The lowest BCUT2D eigenvalue weighted by Crippen LogP contribution is -2.41. The smallest absolute Gasteiger partial charge is 0.182 e. The molecule has 0 spiro atoms. The zero-order chi connectivity index (χ0) is 20.9. The first-order valence-electron chi connectivity index (χ1n) is 9.25. The fraction of sp³-hybridized carbons (Fsp3) is 0.348. The van der Waals surface area contributed by atoms with E-state index in [-0.39, 0.29) is 11.5 Å². The topological polar surface area (TPSA) is 37.3 Å². The lowest BCUT2D eigenvalue weighted by Gasteiger charge is -2.39. The highest BCUT2D eigenvalue weighted by atomic mass is 35.5. The molecular weight excluding hydrogens is 411 g/mol. The monoisotopic (exact) mass is 434 g/mol. The second-order valence-corrected chi connectivity index (χ2v) is 11.1. The van der Waals surface area contributed by atoms with Crippen molar-refractivity contribution in [2.75, 3.05) is 0 Å². The summed E-state index contributed by atoms with van der Waals surface area (Å²) in [6.07, 6.45) is 0.752. The largest absolute Gasteiger partial charge is 0.510 e. The number of Topliss-reactive ketones (excluding diaryl/α,β-unsaturated/α-hetero) is 1. The standard InChI is InChI=1S/C23H24Cl2O2S/c1-6-13-7-8-14(16-10-9-15(24)12-18(16)25)11-17(13)19-20(26)22(2,3)28-23(4,5)21(19)27/h7-12,26H,6H2,1-5H3. The summed E-state index contributed by atoms with van der Waals surface area (Å²) in [5.41, 5.74) is 3.93. The van der Waals surface area contributed by atoms with Crippen LogP contribution in [0.2, 0.25) is 10.0 Å². The van der Waals surface area contributed by atoms with Gasteiger partial charge in [0.15, 0.2) is 5.78 Å². The normalized spacial score (nSPS) is 18.5. The second kappa shape index (κ2) is 7.44. The van der Waals surface area contributed by atoms with Crippen LogP contribution in [0.5, 0.6) is 0 Å². The zero-order valence-corrected chi connectivity index (χ0v) is 19.0. The van der Waals surface area contributed by atoms with Crippen molar-refractivity contribution >= 4 is 46.3 Å². The number of hydrogen-bond donors (Lipinski definition) is 1. The number of benzene rings is 2. The number of hydrogen-bond acceptors (Lipinski definition) is 3. The van der Waals surface area contributed by atoms with Crippen LogP contribution in [0.25, 0.3) is 16.7 Å². The summed E-state index contributed by atoms with van der Waals surface area (Å²) in [5, 5.41) is 12.1. The van der Waals surface area contributed by atoms with E-state index in [1.54, 1.807) is 12.1 Å². The Labute approximate surface area is 180 Å². The fourth-order valence-electron chi connectivity index (χ4n) is 3.70. The third-order valence-corrected chi connectivity index (χ3v) is 7.04. The van der Waals surface area contributed by atoms with Crippen LogP contribution in [0.1, 0.15) is 45.7 Å². The van der Waals surface area contributed by atoms with Crippen LogP contribution in [0.15, 0.2) is 42.2 Å². The quantitative estimate of drug-likeness (QED) is 0.547. The molecule has 1 aliphatic heterocycles. The van der Waals surface area contributed by atoms with Crippen molar-refractivity contribution in [3.05, 3.63) is 63.3 Å². The third-order valence-electron chi connectivity index (χ3n) is 5.09. The molecule has 0 unspecified atom stereocenters. The van der Waals surface area contributed by atoms with Crippen LogP contribution in [0, 0.1) is 0 Å². The first kappa shape index (κ1) is 21.3. The van der Waals surface area contributed by atoms with Gasteiger partial charge >= 0.3 is 0 Å². The highest BCUT2D eigenvalue weighted by Gasteiger charge is 2.47.